The number of anilines is 2. The minimum atomic E-state index is -0.0556. The molecule has 0 spiro atoms. The second-order valence-corrected chi connectivity index (χ2v) is 6.59. The van der Waals surface area contributed by atoms with Gasteiger partial charge >= 0.3 is 0 Å². The summed E-state index contributed by atoms with van der Waals surface area (Å²) < 4.78 is 7.12. The van der Waals surface area contributed by atoms with E-state index in [9.17, 15) is 4.79 Å². The first-order valence-electron chi connectivity index (χ1n) is 9.09. The number of nitrogens with one attached hydrogen (secondary N) is 1. The molecule has 4 rings (SSSR count). The Morgan fingerprint density at radius 2 is 1.89 bits per heavy atom. The Bertz CT molecular complexity index is 931. The maximum atomic E-state index is 12.2. The van der Waals surface area contributed by atoms with Gasteiger partial charge in [0, 0.05) is 31.6 Å². The summed E-state index contributed by atoms with van der Waals surface area (Å²) >= 11 is 0. The molecule has 1 aliphatic heterocycles. The van der Waals surface area contributed by atoms with Crippen LogP contribution in [-0.2, 0) is 16.0 Å². The number of fused-ring (bicyclic) bond motifs is 1. The van der Waals surface area contributed by atoms with Crippen LogP contribution in [0.15, 0.2) is 36.4 Å². The van der Waals surface area contributed by atoms with E-state index in [2.05, 4.69) is 25.5 Å². The second-order valence-electron chi connectivity index (χ2n) is 6.59. The topological polar surface area (TPSA) is 84.7 Å². The van der Waals surface area contributed by atoms with Crippen molar-refractivity contribution in [3.05, 3.63) is 47.8 Å². The number of rotatable bonds is 5. The molecule has 2 aromatic heterocycles. The van der Waals surface area contributed by atoms with Gasteiger partial charge in [-0.3, -0.25) is 4.79 Å². The van der Waals surface area contributed by atoms with Crippen LogP contribution in [0.2, 0.25) is 0 Å². The molecule has 1 N–H and O–H groups in total. The number of hydrogen-bond acceptors (Lipinski definition) is 6. The summed E-state index contributed by atoms with van der Waals surface area (Å²) in [5.74, 6) is 1.50. The summed E-state index contributed by atoms with van der Waals surface area (Å²) in [4.78, 5) is 14.4. The number of nitrogens with zero attached hydrogens (tertiary/aromatic N) is 5. The van der Waals surface area contributed by atoms with E-state index in [0.29, 0.717) is 37.5 Å². The maximum absolute atomic E-state index is 12.2. The van der Waals surface area contributed by atoms with Crippen molar-refractivity contribution < 1.29 is 9.53 Å². The molecule has 0 aliphatic carbocycles. The molecule has 0 atom stereocenters. The van der Waals surface area contributed by atoms with Crippen LogP contribution in [0.1, 0.15) is 17.8 Å². The predicted molar refractivity (Wildman–Crippen MR) is 102 cm³/mol. The number of ether oxygens (including phenoxy) is 1. The van der Waals surface area contributed by atoms with Crippen molar-refractivity contribution in [3.63, 3.8) is 0 Å². The Labute approximate surface area is 157 Å². The van der Waals surface area contributed by atoms with Gasteiger partial charge in [-0.2, -0.15) is 4.52 Å². The first-order chi connectivity index (χ1) is 13.2. The molecule has 3 aromatic rings. The summed E-state index contributed by atoms with van der Waals surface area (Å²) in [6.07, 6.45) is 0.788. The molecule has 8 heteroatoms. The van der Waals surface area contributed by atoms with Gasteiger partial charge in [-0.1, -0.05) is 17.7 Å². The van der Waals surface area contributed by atoms with E-state index in [1.54, 1.807) is 4.52 Å². The lowest BCUT2D eigenvalue weighted by Crippen LogP contribution is -2.37. The molecule has 8 nitrogen and oxygen atoms in total. The first-order valence-corrected chi connectivity index (χ1v) is 9.09. The van der Waals surface area contributed by atoms with Crippen LogP contribution in [0.5, 0.6) is 0 Å². The minimum absolute atomic E-state index is 0.0556. The number of hydrogen-bond donors (Lipinski definition) is 1. The molecule has 0 bridgehead atoms. The Balaban J connectivity index is 1.43. The summed E-state index contributed by atoms with van der Waals surface area (Å²) in [5, 5.41) is 15.9. The highest BCUT2D eigenvalue weighted by molar-refractivity contribution is 5.90. The zero-order valence-electron chi connectivity index (χ0n) is 15.3. The van der Waals surface area contributed by atoms with Crippen molar-refractivity contribution in [1.29, 1.82) is 0 Å². The van der Waals surface area contributed by atoms with Crippen LogP contribution in [0.3, 0.4) is 0 Å². The number of aryl methyl sites for hydroxylation is 2. The van der Waals surface area contributed by atoms with Gasteiger partial charge in [-0.25, -0.2) is 0 Å². The average Bonchev–Trinajstić information content (AvgIpc) is 3.11. The highest BCUT2D eigenvalue weighted by Gasteiger charge is 2.15. The lowest BCUT2D eigenvalue weighted by Gasteiger charge is -2.27. The fourth-order valence-electron chi connectivity index (χ4n) is 3.03. The van der Waals surface area contributed by atoms with E-state index >= 15 is 0 Å². The van der Waals surface area contributed by atoms with Crippen LogP contribution in [0, 0.1) is 6.92 Å². The Hall–Kier alpha value is -3.00. The summed E-state index contributed by atoms with van der Waals surface area (Å²) in [6, 6.07) is 11.6. The molecule has 3 heterocycles. The van der Waals surface area contributed by atoms with Crippen molar-refractivity contribution in [2.75, 3.05) is 36.5 Å². The number of aromatic nitrogens is 4. The quantitative estimate of drug-likeness (QED) is 0.742. The lowest BCUT2D eigenvalue weighted by atomic mass is 10.2. The monoisotopic (exact) mass is 366 g/mol. The highest BCUT2D eigenvalue weighted by Crippen LogP contribution is 2.15. The third-order valence-corrected chi connectivity index (χ3v) is 4.56. The molecule has 1 saturated heterocycles. The van der Waals surface area contributed by atoms with Gasteiger partial charge in [0.2, 0.25) is 5.91 Å². The number of benzene rings is 1. The molecule has 1 aliphatic rings. The molecule has 0 saturated carbocycles. The number of carbonyl (C=O) groups excluding carboxylic acids is 1. The Morgan fingerprint density at radius 3 is 2.67 bits per heavy atom. The van der Waals surface area contributed by atoms with Gasteiger partial charge < -0.3 is 15.0 Å². The van der Waals surface area contributed by atoms with Gasteiger partial charge in [0.05, 0.1) is 13.2 Å². The smallest absolute Gasteiger partial charge is 0.224 e. The number of carbonyl (C=O) groups is 1. The van der Waals surface area contributed by atoms with Crippen molar-refractivity contribution in [2.24, 2.45) is 0 Å². The van der Waals surface area contributed by atoms with Gasteiger partial charge in [0.25, 0.3) is 0 Å². The van der Waals surface area contributed by atoms with Gasteiger partial charge in [-0.15, -0.1) is 15.3 Å². The maximum Gasteiger partial charge on any atom is 0.224 e. The highest BCUT2D eigenvalue weighted by atomic mass is 16.5. The SMILES string of the molecule is Cc1ccc(NC(=O)CCc2nnc3ccc(N4CCOCC4)nn23)cc1. The fraction of sp³-hybridized carbons (Fsp3) is 0.368. The van der Waals surface area contributed by atoms with Crippen molar-refractivity contribution in [1.82, 2.24) is 19.8 Å². The molecule has 1 amide bonds. The normalized spacial score (nSPS) is 14.5. The molecule has 0 radical (unpaired) electrons. The van der Waals surface area contributed by atoms with E-state index in [0.717, 1.165) is 30.2 Å². The molecule has 0 unspecified atom stereocenters. The van der Waals surface area contributed by atoms with Gasteiger partial charge in [-0.05, 0) is 31.2 Å². The lowest BCUT2D eigenvalue weighted by molar-refractivity contribution is -0.116. The summed E-state index contributed by atoms with van der Waals surface area (Å²) in [5.41, 5.74) is 2.63. The fourth-order valence-corrected chi connectivity index (χ4v) is 3.03. The third kappa shape index (κ3) is 4.06. The van der Waals surface area contributed by atoms with Crippen LogP contribution in [0.25, 0.3) is 5.65 Å². The standard InChI is InChI=1S/C19H22N6O2/c1-14-2-4-15(5-3-14)20-19(26)9-8-17-22-21-16-6-7-18(23-25(16)17)24-10-12-27-13-11-24/h2-7H,8-13H2,1H3,(H,20,26). The van der Waals surface area contributed by atoms with Crippen LogP contribution in [0.4, 0.5) is 11.5 Å². The molecule has 1 fully saturated rings. The van der Waals surface area contributed by atoms with E-state index in [1.165, 1.54) is 0 Å². The van der Waals surface area contributed by atoms with Crippen LogP contribution < -0.4 is 10.2 Å². The van der Waals surface area contributed by atoms with Crippen molar-refractivity contribution in [3.8, 4) is 0 Å². The first kappa shape index (κ1) is 17.4. The number of amides is 1. The van der Waals surface area contributed by atoms with Gasteiger partial charge in [0.15, 0.2) is 11.5 Å². The van der Waals surface area contributed by atoms with Crippen LogP contribution >= 0.6 is 0 Å². The second kappa shape index (κ2) is 7.71. The van der Waals surface area contributed by atoms with E-state index in [4.69, 9.17) is 4.74 Å². The van der Waals surface area contributed by atoms with E-state index in [1.807, 2.05) is 43.3 Å². The Kier molecular flexibility index (Phi) is 4.97. The third-order valence-electron chi connectivity index (χ3n) is 4.56. The molecular weight excluding hydrogens is 344 g/mol. The summed E-state index contributed by atoms with van der Waals surface area (Å²) in [6.45, 7) is 5.05. The largest absolute Gasteiger partial charge is 0.378 e. The van der Waals surface area contributed by atoms with Gasteiger partial charge in [0.1, 0.15) is 5.82 Å². The van der Waals surface area contributed by atoms with Crippen LogP contribution in [-0.4, -0.2) is 52.0 Å². The number of morpholine rings is 1. The molecule has 1 aromatic carbocycles. The zero-order valence-corrected chi connectivity index (χ0v) is 15.3. The minimum Gasteiger partial charge on any atom is -0.378 e. The van der Waals surface area contributed by atoms with E-state index < -0.39 is 0 Å². The predicted octanol–water partition coefficient (Wildman–Crippen LogP) is 1.84. The molecular formula is C19H22N6O2. The average molecular weight is 366 g/mol. The molecule has 27 heavy (non-hydrogen) atoms. The summed E-state index contributed by atoms with van der Waals surface area (Å²) in [7, 11) is 0. The van der Waals surface area contributed by atoms with E-state index in [-0.39, 0.29) is 5.91 Å². The van der Waals surface area contributed by atoms with Crippen molar-refractivity contribution >= 4 is 23.1 Å². The Morgan fingerprint density at radius 1 is 1.11 bits per heavy atom. The van der Waals surface area contributed by atoms with Crippen molar-refractivity contribution in [2.45, 2.75) is 19.8 Å². The zero-order chi connectivity index (χ0) is 18.6. The molecule has 140 valence electrons.